The number of nitriles is 1. The van der Waals surface area contributed by atoms with Crippen LogP contribution in [0.3, 0.4) is 0 Å². The highest BCUT2D eigenvalue weighted by Gasteiger charge is 2.33. The highest BCUT2D eigenvalue weighted by Crippen LogP contribution is 2.46. The molecule has 1 aromatic heterocycles. The van der Waals surface area contributed by atoms with Gasteiger partial charge in [-0.2, -0.15) is 5.26 Å². The van der Waals surface area contributed by atoms with E-state index in [4.69, 9.17) is 11.0 Å². The van der Waals surface area contributed by atoms with Crippen molar-refractivity contribution in [1.29, 1.82) is 5.26 Å². The maximum Gasteiger partial charge on any atom is 0.131 e. The van der Waals surface area contributed by atoms with E-state index in [0.29, 0.717) is 21.9 Å². The number of nitrogens with two attached hydrogens (primary N) is 1. The van der Waals surface area contributed by atoms with E-state index in [1.807, 2.05) is 6.26 Å². The third kappa shape index (κ3) is 2.70. The summed E-state index contributed by atoms with van der Waals surface area (Å²) in [6.45, 7) is 9.06. The summed E-state index contributed by atoms with van der Waals surface area (Å²) in [5, 5.41) is 10.3. The lowest BCUT2D eigenvalue weighted by Crippen LogP contribution is -2.25. The van der Waals surface area contributed by atoms with Crippen LogP contribution in [-0.2, 0) is 0 Å². The quantitative estimate of drug-likeness (QED) is 0.843. The predicted octanol–water partition coefficient (Wildman–Crippen LogP) is 3.80. The Morgan fingerprint density at radius 3 is 2.63 bits per heavy atom. The summed E-state index contributed by atoms with van der Waals surface area (Å²) in [5.41, 5.74) is 7.06. The average molecular weight is 295 g/mol. The molecule has 0 aromatic carbocycles. The van der Waals surface area contributed by atoms with Crippen LogP contribution < -0.4 is 10.6 Å². The normalized spacial score (nSPS) is 19.7. The molecular formula is C14H21N3S2. The molecule has 5 heteroatoms. The standard InChI is InChI=1S/C14H21N3S2/c1-14(2,3)9-5-6-17(8-9)13-12(18-4)11(16)10(7-15)19-13/h9H,5-6,8,16H2,1-4H3. The smallest absolute Gasteiger partial charge is 0.131 e. The Labute approximate surface area is 123 Å². The molecule has 1 fully saturated rings. The van der Waals surface area contributed by atoms with Crippen molar-refractivity contribution in [2.45, 2.75) is 32.1 Å². The molecule has 1 unspecified atom stereocenters. The molecular weight excluding hydrogens is 274 g/mol. The maximum absolute atomic E-state index is 9.13. The number of nitrogen functional groups attached to an aromatic ring is 1. The lowest BCUT2D eigenvalue weighted by Gasteiger charge is -2.27. The fraction of sp³-hybridized carbons (Fsp3) is 0.643. The molecule has 104 valence electrons. The van der Waals surface area contributed by atoms with Gasteiger partial charge in [0.15, 0.2) is 0 Å². The first-order chi connectivity index (χ1) is 8.88. The third-order valence-corrected chi connectivity index (χ3v) is 6.01. The minimum Gasteiger partial charge on any atom is -0.396 e. The molecule has 0 spiro atoms. The molecule has 2 heterocycles. The van der Waals surface area contributed by atoms with E-state index in [1.54, 1.807) is 11.8 Å². The number of thioether (sulfide) groups is 1. The van der Waals surface area contributed by atoms with Gasteiger partial charge in [0.1, 0.15) is 15.9 Å². The van der Waals surface area contributed by atoms with Gasteiger partial charge in [0, 0.05) is 13.1 Å². The fourth-order valence-corrected chi connectivity index (χ4v) is 4.57. The molecule has 0 amide bonds. The van der Waals surface area contributed by atoms with Crippen molar-refractivity contribution in [3.8, 4) is 6.07 Å². The zero-order valence-corrected chi connectivity index (χ0v) is 13.6. The summed E-state index contributed by atoms with van der Waals surface area (Å²) >= 11 is 3.19. The second-order valence-electron chi connectivity index (χ2n) is 6.09. The second kappa shape index (κ2) is 5.26. The Bertz CT molecular complexity index is 508. The van der Waals surface area contributed by atoms with Crippen LogP contribution in [0.15, 0.2) is 4.90 Å². The molecule has 1 saturated heterocycles. The molecule has 19 heavy (non-hydrogen) atoms. The third-order valence-electron chi connectivity index (χ3n) is 3.89. The maximum atomic E-state index is 9.13. The van der Waals surface area contributed by atoms with Gasteiger partial charge in [-0.1, -0.05) is 20.8 Å². The van der Waals surface area contributed by atoms with Gasteiger partial charge in [0.25, 0.3) is 0 Å². The molecule has 0 radical (unpaired) electrons. The van der Waals surface area contributed by atoms with Crippen LogP contribution in [0.4, 0.5) is 10.7 Å². The van der Waals surface area contributed by atoms with Crippen LogP contribution in [0.1, 0.15) is 32.1 Å². The number of anilines is 2. The second-order valence-corrected chi connectivity index (χ2v) is 7.91. The van der Waals surface area contributed by atoms with Crippen LogP contribution in [0.25, 0.3) is 0 Å². The Kier molecular flexibility index (Phi) is 4.03. The van der Waals surface area contributed by atoms with Gasteiger partial charge in [-0.05, 0) is 24.0 Å². The lowest BCUT2D eigenvalue weighted by molar-refractivity contribution is 0.263. The van der Waals surface area contributed by atoms with Crippen LogP contribution in [0, 0.1) is 22.7 Å². The number of thiophene rings is 1. The van der Waals surface area contributed by atoms with Crippen LogP contribution in [0.2, 0.25) is 0 Å². The van der Waals surface area contributed by atoms with Crippen molar-refractivity contribution >= 4 is 33.8 Å². The number of hydrogen-bond donors (Lipinski definition) is 1. The minimum absolute atomic E-state index is 0.342. The zero-order chi connectivity index (χ0) is 14.2. The number of hydrogen-bond acceptors (Lipinski definition) is 5. The van der Waals surface area contributed by atoms with Crippen LogP contribution in [0.5, 0.6) is 0 Å². The summed E-state index contributed by atoms with van der Waals surface area (Å²) in [6.07, 6.45) is 3.25. The fourth-order valence-electron chi connectivity index (χ4n) is 2.56. The molecule has 2 N–H and O–H groups in total. The van der Waals surface area contributed by atoms with Gasteiger partial charge in [0.05, 0.1) is 10.6 Å². The van der Waals surface area contributed by atoms with E-state index in [9.17, 15) is 0 Å². The van der Waals surface area contributed by atoms with Gasteiger partial charge in [0.2, 0.25) is 0 Å². The molecule has 2 rings (SSSR count). The van der Waals surface area contributed by atoms with Crippen molar-refractivity contribution in [3.05, 3.63) is 4.88 Å². The van der Waals surface area contributed by atoms with Crippen molar-refractivity contribution in [2.24, 2.45) is 11.3 Å². The van der Waals surface area contributed by atoms with Gasteiger partial charge in [-0.3, -0.25) is 0 Å². The Hall–Kier alpha value is -0.860. The SMILES string of the molecule is CSc1c(N2CCC(C(C)(C)C)C2)sc(C#N)c1N. The monoisotopic (exact) mass is 295 g/mol. The summed E-state index contributed by atoms with van der Waals surface area (Å²) in [5.74, 6) is 0.705. The molecule has 1 aliphatic heterocycles. The van der Waals surface area contributed by atoms with E-state index in [0.717, 1.165) is 18.0 Å². The molecule has 1 aliphatic rings. The largest absolute Gasteiger partial charge is 0.396 e. The van der Waals surface area contributed by atoms with Gasteiger partial charge in [-0.15, -0.1) is 23.1 Å². The van der Waals surface area contributed by atoms with Crippen molar-refractivity contribution in [3.63, 3.8) is 0 Å². The van der Waals surface area contributed by atoms with Crippen LogP contribution >= 0.6 is 23.1 Å². The van der Waals surface area contributed by atoms with Gasteiger partial charge < -0.3 is 10.6 Å². The van der Waals surface area contributed by atoms with E-state index in [-0.39, 0.29) is 0 Å². The summed E-state index contributed by atoms with van der Waals surface area (Å²) < 4.78 is 0. The van der Waals surface area contributed by atoms with Gasteiger partial charge in [-0.25, -0.2) is 0 Å². The van der Waals surface area contributed by atoms with E-state index in [1.165, 1.54) is 22.8 Å². The van der Waals surface area contributed by atoms with Crippen molar-refractivity contribution in [1.82, 2.24) is 0 Å². The summed E-state index contributed by atoms with van der Waals surface area (Å²) in [6, 6.07) is 2.21. The van der Waals surface area contributed by atoms with Gasteiger partial charge >= 0.3 is 0 Å². The predicted molar refractivity (Wildman–Crippen MR) is 85.0 cm³/mol. The molecule has 1 aromatic rings. The first kappa shape index (κ1) is 14.5. The number of rotatable bonds is 2. The summed E-state index contributed by atoms with van der Waals surface area (Å²) in [7, 11) is 0. The molecule has 1 atom stereocenters. The molecule has 3 nitrogen and oxygen atoms in total. The zero-order valence-electron chi connectivity index (χ0n) is 12.0. The van der Waals surface area contributed by atoms with E-state index in [2.05, 4.69) is 31.7 Å². The van der Waals surface area contributed by atoms with E-state index >= 15 is 0 Å². The van der Waals surface area contributed by atoms with Crippen LogP contribution in [-0.4, -0.2) is 19.3 Å². The average Bonchev–Trinajstić information content (AvgIpc) is 2.92. The topological polar surface area (TPSA) is 53.0 Å². The first-order valence-corrected chi connectivity index (χ1v) is 8.54. The Morgan fingerprint density at radius 1 is 1.47 bits per heavy atom. The highest BCUT2D eigenvalue weighted by atomic mass is 32.2. The first-order valence-electron chi connectivity index (χ1n) is 6.49. The molecule has 0 saturated carbocycles. The Morgan fingerprint density at radius 2 is 2.16 bits per heavy atom. The van der Waals surface area contributed by atoms with E-state index < -0.39 is 0 Å². The number of nitrogens with zero attached hydrogens (tertiary/aromatic N) is 2. The molecule has 0 aliphatic carbocycles. The Balaban J connectivity index is 2.27. The minimum atomic E-state index is 0.342. The molecule has 0 bridgehead atoms. The highest BCUT2D eigenvalue weighted by molar-refractivity contribution is 7.99. The lowest BCUT2D eigenvalue weighted by atomic mass is 9.80. The van der Waals surface area contributed by atoms with Crippen molar-refractivity contribution < 1.29 is 0 Å². The summed E-state index contributed by atoms with van der Waals surface area (Å²) in [4.78, 5) is 4.14. The van der Waals surface area contributed by atoms with Crippen molar-refractivity contribution in [2.75, 3.05) is 30.0 Å².